The maximum atomic E-state index is 12.8. The van der Waals surface area contributed by atoms with Crippen LogP contribution >= 0.6 is 0 Å². The van der Waals surface area contributed by atoms with Gasteiger partial charge in [0.25, 0.3) is 5.91 Å². The Morgan fingerprint density at radius 3 is 2.62 bits per heavy atom. The van der Waals surface area contributed by atoms with Gasteiger partial charge in [-0.15, -0.1) is 0 Å². The van der Waals surface area contributed by atoms with E-state index in [2.05, 4.69) is 42.3 Å². The smallest absolute Gasteiger partial charge is 0.260 e. The average Bonchev–Trinajstić information content (AvgIpc) is 3.05. The zero-order valence-corrected chi connectivity index (χ0v) is 14.6. The number of morpholine rings is 1. The van der Waals surface area contributed by atoms with Crippen LogP contribution in [0.4, 0.5) is 11.4 Å². The summed E-state index contributed by atoms with van der Waals surface area (Å²) in [5, 5.41) is 3.35. The average molecular weight is 327 g/mol. The first-order valence-electron chi connectivity index (χ1n) is 8.83. The number of likely N-dealkylation sites (N-methyl/N-ethyl adjacent to an activating group) is 1. The molecular weight excluding hydrogens is 302 g/mol. The van der Waals surface area contributed by atoms with E-state index in [4.69, 9.17) is 4.74 Å². The Bertz CT molecular complexity index is 695. The van der Waals surface area contributed by atoms with E-state index in [1.807, 2.05) is 7.05 Å². The van der Waals surface area contributed by atoms with Gasteiger partial charge in [0, 0.05) is 36.9 Å². The summed E-state index contributed by atoms with van der Waals surface area (Å²) in [6.07, 6.45) is 2.45. The number of carbonyl (C=O) groups excluding carboxylic acids is 1. The molecule has 0 aliphatic carbocycles. The van der Waals surface area contributed by atoms with Crippen LogP contribution in [0.2, 0.25) is 0 Å². The van der Waals surface area contributed by atoms with Crippen LogP contribution in [-0.2, 0) is 9.53 Å². The highest BCUT2D eigenvalue weighted by Crippen LogP contribution is 2.41. The molecule has 128 valence electrons. The lowest BCUT2D eigenvalue weighted by molar-refractivity contribution is -0.112. The van der Waals surface area contributed by atoms with Gasteiger partial charge in [-0.25, -0.2) is 0 Å². The number of anilines is 2. The second-order valence-electron chi connectivity index (χ2n) is 7.08. The van der Waals surface area contributed by atoms with Crippen LogP contribution in [0.1, 0.15) is 32.3 Å². The summed E-state index contributed by atoms with van der Waals surface area (Å²) in [6.45, 7) is 6.49. The molecule has 0 spiro atoms. The summed E-state index contributed by atoms with van der Waals surface area (Å²) in [4.78, 5) is 17.0. The Labute approximate surface area is 143 Å². The lowest BCUT2D eigenvalue weighted by Gasteiger charge is -2.29. The SMILES string of the molecule is CC1CCC(C)N1c1ccc2c(c1)/C(=C1\COCCN1)C(=O)N2C. The molecule has 0 saturated carbocycles. The van der Waals surface area contributed by atoms with E-state index in [-0.39, 0.29) is 5.91 Å². The molecule has 1 N–H and O–H groups in total. The minimum absolute atomic E-state index is 0.0534. The highest BCUT2D eigenvalue weighted by molar-refractivity contribution is 6.33. The molecule has 0 radical (unpaired) electrons. The zero-order valence-electron chi connectivity index (χ0n) is 14.6. The van der Waals surface area contributed by atoms with Crippen molar-refractivity contribution in [2.75, 3.05) is 36.6 Å². The van der Waals surface area contributed by atoms with Crippen molar-refractivity contribution < 1.29 is 9.53 Å². The van der Waals surface area contributed by atoms with Crippen LogP contribution < -0.4 is 15.1 Å². The number of nitrogens with zero attached hydrogens (tertiary/aromatic N) is 2. The molecule has 0 aromatic heterocycles. The number of hydrogen-bond acceptors (Lipinski definition) is 4. The van der Waals surface area contributed by atoms with Gasteiger partial charge < -0.3 is 19.9 Å². The van der Waals surface area contributed by atoms with E-state index in [0.717, 1.165) is 29.1 Å². The van der Waals surface area contributed by atoms with Crippen molar-refractivity contribution in [1.29, 1.82) is 0 Å². The number of rotatable bonds is 1. The Kier molecular flexibility index (Phi) is 3.76. The van der Waals surface area contributed by atoms with E-state index in [0.29, 0.717) is 25.3 Å². The van der Waals surface area contributed by atoms with E-state index >= 15 is 0 Å². The van der Waals surface area contributed by atoms with Crippen LogP contribution in [0.5, 0.6) is 0 Å². The fourth-order valence-corrected chi connectivity index (χ4v) is 4.23. The highest BCUT2D eigenvalue weighted by Gasteiger charge is 2.35. The standard InChI is InChI=1S/C19H25N3O2/c1-12-4-5-13(2)22(12)14-6-7-17-15(10-14)18(19(23)21(17)3)16-11-24-9-8-20-16/h6-7,10,12-13,20H,4-5,8-9,11H2,1-3H3/b18-16-. The summed E-state index contributed by atoms with van der Waals surface area (Å²) in [5.41, 5.74) is 4.91. The first-order valence-corrected chi connectivity index (χ1v) is 8.83. The molecule has 0 bridgehead atoms. The van der Waals surface area contributed by atoms with Crippen molar-refractivity contribution in [3.8, 4) is 0 Å². The predicted octanol–water partition coefficient (Wildman–Crippen LogP) is 2.37. The fraction of sp³-hybridized carbons (Fsp3) is 0.526. The van der Waals surface area contributed by atoms with Gasteiger partial charge in [0.1, 0.15) is 0 Å². The van der Waals surface area contributed by atoms with Crippen molar-refractivity contribution in [3.63, 3.8) is 0 Å². The van der Waals surface area contributed by atoms with Crippen molar-refractivity contribution in [2.45, 2.75) is 38.8 Å². The minimum Gasteiger partial charge on any atom is -0.383 e. The van der Waals surface area contributed by atoms with Gasteiger partial charge in [0.05, 0.1) is 30.2 Å². The molecule has 2 saturated heterocycles. The molecule has 2 fully saturated rings. The molecule has 3 aliphatic heterocycles. The normalized spacial score (nSPS) is 29.9. The molecule has 1 aromatic rings. The van der Waals surface area contributed by atoms with Crippen LogP contribution in [0.15, 0.2) is 23.9 Å². The van der Waals surface area contributed by atoms with Gasteiger partial charge in [-0.05, 0) is 44.9 Å². The molecule has 2 unspecified atom stereocenters. The largest absolute Gasteiger partial charge is 0.383 e. The van der Waals surface area contributed by atoms with Gasteiger partial charge in [-0.1, -0.05) is 0 Å². The van der Waals surface area contributed by atoms with Crippen molar-refractivity contribution in [3.05, 3.63) is 29.5 Å². The number of nitrogens with one attached hydrogen (secondary N) is 1. The Morgan fingerprint density at radius 2 is 1.96 bits per heavy atom. The summed E-state index contributed by atoms with van der Waals surface area (Å²) in [7, 11) is 1.85. The molecule has 1 amide bonds. The molecule has 3 aliphatic rings. The second kappa shape index (κ2) is 5.81. The first-order chi connectivity index (χ1) is 11.6. The number of hydrogen-bond donors (Lipinski definition) is 1. The van der Waals surface area contributed by atoms with E-state index in [9.17, 15) is 4.79 Å². The number of carbonyl (C=O) groups is 1. The lowest BCUT2D eigenvalue weighted by atomic mass is 10.0. The van der Waals surface area contributed by atoms with E-state index in [1.165, 1.54) is 18.5 Å². The Balaban J connectivity index is 1.80. The molecule has 5 heteroatoms. The molecule has 5 nitrogen and oxygen atoms in total. The summed E-state index contributed by atoms with van der Waals surface area (Å²) in [6, 6.07) is 7.50. The van der Waals surface area contributed by atoms with Crippen LogP contribution in [-0.4, -0.2) is 44.8 Å². The van der Waals surface area contributed by atoms with Crippen molar-refractivity contribution in [1.82, 2.24) is 5.32 Å². The third kappa shape index (κ3) is 2.30. The third-order valence-corrected chi connectivity index (χ3v) is 5.51. The number of benzene rings is 1. The maximum Gasteiger partial charge on any atom is 0.260 e. The zero-order chi connectivity index (χ0) is 16.8. The van der Waals surface area contributed by atoms with Crippen LogP contribution in [0.3, 0.4) is 0 Å². The molecule has 1 aromatic carbocycles. The number of ether oxygens (including phenoxy) is 1. The van der Waals surface area contributed by atoms with Gasteiger partial charge in [-0.3, -0.25) is 4.79 Å². The second-order valence-corrected chi connectivity index (χ2v) is 7.08. The van der Waals surface area contributed by atoms with Crippen molar-refractivity contribution in [2.24, 2.45) is 0 Å². The molecule has 24 heavy (non-hydrogen) atoms. The maximum absolute atomic E-state index is 12.8. The van der Waals surface area contributed by atoms with Gasteiger partial charge in [0.2, 0.25) is 0 Å². The Morgan fingerprint density at radius 1 is 1.21 bits per heavy atom. The van der Waals surface area contributed by atoms with Crippen LogP contribution in [0.25, 0.3) is 5.57 Å². The topological polar surface area (TPSA) is 44.8 Å². The van der Waals surface area contributed by atoms with E-state index in [1.54, 1.807) is 4.90 Å². The predicted molar refractivity (Wildman–Crippen MR) is 96.2 cm³/mol. The Hall–Kier alpha value is -2.01. The highest BCUT2D eigenvalue weighted by atomic mass is 16.5. The lowest BCUT2D eigenvalue weighted by Crippen LogP contribution is -2.32. The molecule has 4 rings (SSSR count). The molecular formula is C19H25N3O2. The summed E-state index contributed by atoms with van der Waals surface area (Å²) >= 11 is 0. The third-order valence-electron chi connectivity index (χ3n) is 5.51. The summed E-state index contributed by atoms with van der Waals surface area (Å²) in [5.74, 6) is 0.0534. The quantitative estimate of drug-likeness (QED) is 0.805. The number of fused-ring (bicyclic) bond motifs is 1. The molecule has 3 heterocycles. The fourth-order valence-electron chi connectivity index (χ4n) is 4.23. The molecule has 2 atom stereocenters. The minimum atomic E-state index is 0.0534. The van der Waals surface area contributed by atoms with E-state index < -0.39 is 0 Å². The van der Waals surface area contributed by atoms with Crippen molar-refractivity contribution >= 4 is 22.9 Å². The van der Waals surface area contributed by atoms with Gasteiger partial charge in [-0.2, -0.15) is 0 Å². The van der Waals surface area contributed by atoms with Crippen LogP contribution in [0, 0.1) is 0 Å². The van der Waals surface area contributed by atoms with Gasteiger partial charge >= 0.3 is 0 Å². The summed E-state index contributed by atoms with van der Waals surface area (Å²) < 4.78 is 5.56. The first kappa shape index (κ1) is 15.5. The van der Waals surface area contributed by atoms with Gasteiger partial charge in [0.15, 0.2) is 0 Å². The number of amides is 1. The monoisotopic (exact) mass is 327 g/mol.